The third kappa shape index (κ3) is 7.05. The Morgan fingerprint density at radius 1 is 0.621 bits per heavy atom. The van der Waals surface area contributed by atoms with E-state index < -0.39 is 110 Å². The van der Waals surface area contributed by atoms with E-state index in [0.717, 1.165) is 23.8 Å². The molecule has 2 atom stereocenters. The molecule has 6 heterocycles. The van der Waals surface area contributed by atoms with Gasteiger partial charge in [0.2, 0.25) is 23.4 Å². The maximum Gasteiger partial charge on any atom is 0.323 e. The number of nitrogens with one attached hydrogen (secondary N) is 3. The number of anilines is 1. The molecule has 336 valence electrons. The predicted octanol–water partition coefficient (Wildman–Crippen LogP) is 9.95. The van der Waals surface area contributed by atoms with Crippen LogP contribution in [-0.2, 0) is 19.1 Å². The van der Waals surface area contributed by atoms with Gasteiger partial charge in [-0.25, -0.2) is 53.8 Å². The number of carbonyl (C=O) groups excluding carboxylic acids is 3. The predicted molar refractivity (Wildman–Crippen MR) is 224 cm³/mol. The van der Waals surface area contributed by atoms with E-state index in [1.165, 1.54) is 72.8 Å². The Kier molecular flexibility index (Phi) is 11.0. The number of rotatable bonds is 8. The molecule has 7 aromatic rings. The summed E-state index contributed by atoms with van der Waals surface area (Å²) in [4.78, 5) is 52.6. The molecule has 0 aliphatic carbocycles. The smallest absolute Gasteiger partial charge is 0.323 e. The molecule has 66 heavy (non-hydrogen) atoms. The van der Waals surface area contributed by atoms with Crippen molar-refractivity contribution in [3.05, 3.63) is 130 Å². The van der Waals surface area contributed by atoms with Crippen LogP contribution in [0.15, 0.2) is 60.7 Å². The zero-order valence-electron chi connectivity index (χ0n) is 33.3. The number of imide groups is 1. The van der Waals surface area contributed by atoms with Crippen molar-refractivity contribution < 1.29 is 63.0 Å². The second-order valence-corrected chi connectivity index (χ2v) is 16.1. The summed E-state index contributed by atoms with van der Waals surface area (Å²) in [7, 11) is 1.15. The van der Waals surface area contributed by atoms with Crippen LogP contribution < -0.4 is 10.6 Å². The molecule has 0 saturated carbocycles. The highest BCUT2D eigenvalue weighted by molar-refractivity contribution is 8.00. The van der Waals surface area contributed by atoms with Gasteiger partial charge in [-0.2, -0.15) is 0 Å². The largest absolute Gasteiger partial charge is 0.468 e. The van der Waals surface area contributed by atoms with Crippen LogP contribution in [-0.4, -0.2) is 61.9 Å². The van der Waals surface area contributed by atoms with Crippen molar-refractivity contribution in [2.75, 3.05) is 17.8 Å². The van der Waals surface area contributed by atoms with E-state index in [2.05, 4.69) is 24.7 Å². The van der Waals surface area contributed by atoms with Gasteiger partial charge in [-0.05, 0) is 66.2 Å². The molecular formula is C45H26F10N6O4S. The quantitative estimate of drug-likeness (QED) is 0.0390. The standard InChI is InChI=1S/C45H26F10N6O4S/c1-65-45(64)18(56)15-66-27-14-28(62)61(44(27)63)17-4-2-16(3-5-17)29-21-10-12-25(59-21)30(32-34(46)38(50)42(54)39(51)35(32)47)23-8-6-19(57-23)20-7-9-24(58-20)31(26-13-11-22(29)60-26)33-36(48)40(52)43(55)41(53)37(33)49/h2-13,18,27,57-59H,14-15,56H2,1H3/t18-,27?/m0/s1. The number of methoxy groups -OCH3 is 1. The highest BCUT2D eigenvalue weighted by Gasteiger charge is 2.40. The molecule has 8 bridgehead atoms. The van der Waals surface area contributed by atoms with Crippen molar-refractivity contribution in [2.45, 2.75) is 17.7 Å². The molecule has 5 N–H and O–H groups in total. The molecule has 21 heteroatoms. The van der Waals surface area contributed by atoms with Gasteiger partial charge in [-0.3, -0.25) is 14.4 Å². The average molecular weight is 937 g/mol. The maximum atomic E-state index is 15.7. The molecule has 10 nitrogen and oxygen atoms in total. The van der Waals surface area contributed by atoms with Crippen LogP contribution in [0.3, 0.4) is 0 Å². The Morgan fingerprint density at radius 3 is 1.53 bits per heavy atom. The fourth-order valence-electron chi connectivity index (χ4n) is 7.85. The summed E-state index contributed by atoms with van der Waals surface area (Å²) >= 11 is 0.986. The Labute approximate surface area is 367 Å². The van der Waals surface area contributed by atoms with Crippen molar-refractivity contribution in [3.63, 3.8) is 0 Å². The van der Waals surface area contributed by atoms with Gasteiger partial charge in [0, 0.05) is 50.9 Å². The fraction of sp³-hybridized carbons (Fsp3) is 0.111. The van der Waals surface area contributed by atoms with Gasteiger partial charge in [0.15, 0.2) is 46.5 Å². The van der Waals surface area contributed by atoms with Crippen molar-refractivity contribution in [2.24, 2.45) is 5.73 Å². The lowest BCUT2D eigenvalue weighted by atomic mass is 10.0. The number of H-pyrrole nitrogens is 3. The van der Waals surface area contributed by atoms with Crippen molar-refractivity contribution in [1.29, 1.82) is 0 Å². The number of nitrogens with two attached hydrogens (primary N) is 1. The highest BCUT2D eigenvalue weighted by atomic mass is 32.2. The molecule has 1 fully saturated rings. The van der Waals surface area contributed by atoms with Gasteiger partial charge < -0.3 is 25.4 Å². The Bertz CT molecular complexity index is 3350. The summed E-state index contributed by atoms with van der Waals surface area (Å²) < 4.78 is 156. The number of amides is 2. The van der Waals surface area contributed by atoms with Crippen LogP contribution >= 0.6 is 11.8 Å². The Morgan fingerprint density at radius 2 is 1.03 bits per heavy atom. The third-order valence-corrected chi connectivity index (χ3v) is 12.3. The van der Waals surface area contributed by atoms with Crippen LogP contribution in [0.1, 0.15) is 17.8 Å². The normalized spacial score (nSPS) is 14.8. The van der Waals surface area contributed by atoms with Crippen LogP contribution in [0.2, 0.25) is 0 Å². The first-order valence-corrected chi connectivity index (χ1v) is 20.4. The summed E-state index contributed by atoms with van der Waals surface area (Å²) in [6.07, 6.45) is 2.31. The minimum atomic E-state index is -2.41. The van der Waals surface area contributed by atoms with Gasteiger partial charge in [0.05, 0.1) is 51.6 Å². The number of halogens is 10. The molecule has 1 saturated heterocycles. The number of nitrogens with zero attached hydrogens (tertiary/aromatic N) is 2. The number of fused-ring (bicyclic) bond motifs is 9. The SMILES string of the molecule is COC(=O)[C@@H](N)CSC1CC(=O)N(c2ccc(-c3c4nc(c(-c5c(F)c(F)c(F)c(F)c5F)c5ccc([nH]5)c5ccc([nH]5)c(-c5c(F)c(F)c(F)c(F)c5F)c5ccc3[nH]5)C=C4)cc2)C1=O. The van der Waals surface area contributed by atoms with Crippen molar-refractivity contribution in [1.82, 2.24) is 19.9 Å². The van der Waals surface area contributed by atoms with E-state index in [-0.39, 0.29) is 73.5 Å². The second kappa shape index (κ2) is 16.6. The number of thioether (sulfide) groups is 1. The van der Waals surface area contributed by atoms with E-state index >= 15 is 17.6 Å². The molecule has 4 aromatic heterocycles. The lowest BCUT2D eigenvalue weighted by Gasteiger charge is -2.16. The summed E-state index contributed by atoms with van der Waals surface area (Å²) in [6.45, 7) is 0. The number of aromatic nitrogens is 4. The summed E-state index contributed by atoms with van der Waals surface area (Å²) in [5.41, 5.74) is 1.54. The van der Waals surface area contributed by atoms with Crippen molar-refractivity contribution in [3.8, 4) is 33.4 Å². The molecule has 2 aliphatic rings. The average Bonchev–Trinajstić information content (AvgIpc) is 4.18. The number of hydrogen-bond acceptors (Lipinski definition) is 7. The topological polar surface area (TPSA) is 150 Å². The number of ether oxygens (including phenoxy) is 1. The molecule has 9 rings (SSSR count). The Balaban J connectivity index is 1.31. The lowest BCUT2D eigenvalue weighted by Crippen LogP contribution is -2.35. The lowest BCUT2D eigenvalue weighted by molar-refractivity contribution is -0.141. The van der Waals surface area contributed by atoms with E-state index in [4.69, 9.17) is 5.73 Å². The minimum absolute atomic E-state index is 0.0306. The van der Waals surface area contributed by atoms with Gasteiger partial charge in [-0.15, -0.1) is 11.8 Å². The Hall–Kier alpha value is -7.39. The van der Waals surface area contributed by atoms with Gasteiger partial charge in [0.25, 0.3) is 0 Å². The molecule has 2 amide bonds. The minimum Gasteiger partial charge on any atom is -0.468 e. The van der Waals surface area contributed by atoms with E-state index in [0.29, 0.717) is 0 Å². The number of carbonyl (C=O) groups is 3. The van der Waals surface area contributed by atoms with Crippen LogP contribution in [0.5, 0.6) is 0 Å². The van der Waals surface area contributed by atoms with Crippen LogP contribution in [0.25, 0.3) is 78.6 Å². The van der Waals surface area contributed by atoms with Gasteiger partial charge >= 0.3 is 5.97 Å². The van der Waals surface area contributed by atoms with Gasteiger partial charge in [0.1, 0.15) is 6.04 Å². The number of esters is 1. The van der Waals surface area contributed by atoms with Crippen molar-refractivity contribution >= 4 is 80.5 Å². The summed E-state index contributed by atoms with van der Waals surface area (Å²) in [5, 5.41) is -0.895. The second-order valence-electron chi connectivity index (χ2n) is 14.9. The first-order chi connectivity index (χ1) is 31.5. The molecule has 3 aromatic carbocycles. The molecule has 1 unspecified atom stereocenters. The van der Waals surface area contributed by atoms with Crippen LogP contribution in [0.4, 0.5) is 49.6 Å². The van der Waals surface area contributed by atoms with Crippen LogP contribution in [0, 0.1) is 58.2 Å². The fourth-order valence-corrected chi connectivity index (χ4v) is 8.93. The third-order valence-electron chi connectivity index (χ3n) is 11.0. The van der Waals surface area contributed by atoms with E-state index in [1.54, 1.807) is 0 Å². The first kappa shape index (κ1) is 43.8. The molecular weight excluding hydrogens is 911 g/mol. The molecule has 0 spiro atoms. The maximum absolute atomic E-state index is 15.7. The summed E-state index contributed by atoms with van der Waals surface area (Å²) in [5.74, 6) is -24.4. The zero-order valence-corrected chi connectivity index (χ0v) is 34.1. The number of hydrogen-bond donors (Lipinski definition) is 4. The monoisotopic (exact) mass is 936 g/mol. The van der Waals surface area contributed by atoms with E-state index in [9.17, 15) is 40.7 Å². The zero-order chi connectivity index (χ0) is 47.0. The molecule has 2 aliphatic heterocycles. The van der Waals surface area contributed by atoms with Gasteiger partial charge in [-0.1, -0.05) is 12.1 Å². The van der Waals surface area contributed by atoms with E-state index in [1.807, 2.05) is 0 Å². The number of aromatic amines is 3. The highest BCUT2D eigenvalue weighted by Crippen LogP contribution is 2.41. The number of benzene rings is 3. The first-order valence-electron chi connectivity index (χ1n) is 19.3. The molecule has 0 radical (unpaired) electrons. The summed E-state index contributed by atoms with van der Waals surface area (Å²) in [6, 6.07) is 12.3.